The van der Waals surface area contributed by atoms with Crippen molar-refractivity contribution in [3.05, 3.63) is 115 Å². The van der Waals surface area contributed by atoms with Gasteiger partial charge in [-0.1, -0.05) is 41.9 Å². The molecule has 0 unspecified atom stereocenters. The van der Waals surface area contributed by atoms with E-state index in [1.807, 2.05) is 0 Å². The van der Waals surface area contributed by atoms with Gasteiger partial charge in [0.15, 0.2) is 0 Å². The van der Waals surface area contributed by atoms with Crippen LogP contribution < -0.4 is 5.32 Å². The summed E-state index contributed by atoms with van der Waals surface area (Å²) in [4.78, 5) is 54.3. The van der Waals surface area contributed by atoms with Crippen LogP contribution in [-0.4, -0.2) is 52.0 Å². The molecule has 1 N–H and O–H groups in total. The summed E-state index contributed by atoms with van der Waals surface area (Å²) in [5, 5.41) is 15.6. The molecule has 2 heterocycles. The summed E-state index contributed by atoms with van der Waals surface area (Å²) in [5.41, 5.74) is 1.16. The number of carbonyl (C=O) groups excluding carboxylic acids is 3. The van der Waals surface area contributed by atoms with Crippen LogP contribution in [-0.2, 0) is 6.18 Å². The number of anilines is 1. The van der Waals surface area contributed by atoms with Crippen LogP contribution in [0, 0.1) is 10.1 Å². The topological polar surface area (TPSA) is 123 Å². The first-order valence-corrected chi connectivity index (χ1v) is 14.9. The highest BCUT2D eigenvalue weighted by atomic mass is 35.5. The Hall–Kier alpha value is -4.62. The van der Waals surface area contributed by atoms with E-state index < -0.39 is 34.9 Å². The lowest BCUT2D eigenvalue weighted by Gasteiger charge is -2.31. The van der Waals surface area contributed by atoms with Crippen LogP contribution in [0.5, 0.6) is 0 Å². The molecule has 1 aliphatic heterocycles. The summed E-state index contributed by atoms with van der Waals surface area (Å²) in [6.45, 7) is -0.0198. The molecule has 1 fully saturated rings. The standard InChI is InChI=1S/C31H24ClF3N4O5S/c32-25-15-21(9-10-24(25)27(40)16-39(43)44)36-28(41)26-17-45-29(37-26)19-11-13-38(14-12-19)30(42)23-4-2-1-3-22(23)18-5-7-20(8-6-18)31(33,34)35/h1-10,15,17,19H,11-14,16H2,(H,36,41). The quantitative estimate of drug-likeness (QED) is 0.121. The van der Waals surface area contributed by atoms with E-state index in [0.717, 1.165) is 17.1 Å². The SMILES string of the molecule is O=C(Nc1ccc(C(=O)C[N+](=O)[O-])c(Cl)c1)c1csc(C2CCN(C(=O)c3ccccc3-c3ccc(C(F)(F)F)cc3)CC2)n1. The lowest BCUT2D eigenvalue weighted by Crippen LogP contribution is -2.38. The molecule has 2 amide bonds. The van der Waals surface area contributed by atoms with Crippen molar-refractivity contribution >= 4 is 46.2 Å². The van der Waals surface area contributed by atoms with E-state index >= 15 is 0 Å². The second-order valence-corrected chi connectivity index (χ2v) is 11.6. The van der Waals surface area contributed by atoms with Gasteiger partial charge in [0.25, 0.3) is 18.4 Å². The molecule has 0 saturated carbocycles. The number of amides is 2. The van der Waals surface area contributed by atoms with Gasteiger partial charge < -0.3 is 10.2 Å². The number of piperidine rings is 1. The highest BCUT2D eigenvalue weighted by Crippen LogP contribution is 2.34. The number of nitrogens with one attached hydrogen (secondary N) is 1. The van der Waals surface area contributed by atoms with E-state index in [1.165, 1.54) is 41.7 Å². The fourth-order valence-corrected chi connectivity index (χ4v) is 6.31. The largest absolute Gasteiger partial charge is 0.416 e. The maximum absolute atomic E-state index is 13.5. The number of halogens is 4. The number of benzene rings is 3. The lowest BCUT2D eigenvalue weighted by atomic mass is 9.94. The summed E-state index contributed by atoms with van der Waals surface area (Å²) in [6.07, 6.45) is -3.23. The van der Waals surface area contributed by atoms with Gasteiger partial charge in [0.05, 0.1) is 15.6 Å². The average molecular weight is 657 g/mol. The average Bonchev–Trinajstić information content (AvgIpc) is 3.51. The summed E-state index contributed by atoms with van der Waals surface area (Å²) >= 11 is 7.43. The van der Waals surface area contributed by atoms with Gasteiger partial charge in [0.2, 0.25) is 5.78 Å². The number of ketones is 1. The monoisotopic (exact) mass is 656 g/mol. The second kappa shape index (κ2) is 13.2. The first-order chi connectivity index (χ1) is 21.4. The molecule has 0 spiro atoms. The summed E-state index contributed by atoms with van der Waals surface area (Å²) in [6, 6.07) is 15.6. The molecule has 232 valence electrons. The third kappa shape index (κ3) is 7.37. The Morgan fingerprint density at radius 2 is 1.71 bits per heavy atom. The minimum Gasteiger partial charge on any atom is -0.339 e. The molecule has 1 aliphatic rings. The van der Waals surface area contributed by atoms with E-state index in [0.29, 0.717) is 48.3 Å². The van der Waals surface area contributed by atoms with Crippen LogP contribution in [0.2, 0.25) is 5.02 Å². The van der Waals surface area contributed by atoms with Gasteiger partial charge in [-0.2, -0.15) is 13.2 Å². The Bertz CT molecular complexity index is 1770. The van der Waals surface area contributed by atoms with Crippen LogP contribution in [0.4, 0.5) is 18.9 Å². The highest BCUT2D eigenvalue weighted by Gasteiger charge is 2.31. The Balaban J connectivity index is 1.20. The molecule has 9 nitrogen and oxygen atoms in total. The van der Waals surface area contributed by atoms with E-state index in [4.69, 9.17) is 11.6 Å². The number of carbonyl (C=O) groups is 3. The van der Waals surface area contributed by atoms with Crippen molar-refractivity contribution in [2.45, 2.75) is 24.9 Å². The zero-order valence-electron chi connectivity index (χ0n) is 23.3. The molecule has 14 heteroatoms. The summed E-state index contributed by atoms with van der Waals surface area (Å²) < 4.78 is 39.1. The molecule has 0 atom stereocenters. The van der Waals surface area contributed by atoms with Gasteiger partial charge >= 0.3 is 6.18 Å². The third-order valence-electron chi connectivity index (χ3n) is 7.37. The minimum absolute atomic E-state index is 0.0183. The van der Waals surface area contributed by atoms with Crippen molar-refractivity contribution in [2.24, 2.45) is 0 Å². The number of hydrogen-bond donors (Lipinski definition) is 1. The highest BCUT2D eigenvalue weighted by molar-refractivity contribution is 7.10. The Labute approximate surface area is 263 Å². The number of nitrogens with zero attached hydrogens (tertiary/aromatic N) is 3. The van der Waals surface area contributed by atoms with Gasteiger partial charge in [-0.3, -0.25) is 24.5 Å². The van der Waals surface area contributed by atoms with Gasteiger partial charge in [0.1, 0.15) is 5.69 Å². The number of nitro groups is 1. The molecule has 0 radical (unpaired) electrons. The molecule has 45 heavy (non-hydrogen) atoms. The molecule has 3 aromatic carbocycles. The van der Waals surface area contributed by atoms with Crippen LogP contribution in [0.1, 0.15) is 60.5 Å². The predicted molar refractivity (Wildman–Crippen MR) is 162 cm³/mol. The number of hydrogen-bond acceptors (Lipinski definition) is 7. The molecule has 4 aromatic rings. The van der Waals surface area contributed by atoms with Crippen molar-refractivity contribution in [1.29, 1.82) is 0 Å². The maximum atomic E-state index is 13.5. The first-order valence-electron chi connectivity index (χ1n) is 13.7. The number of alkyl halides is 3. The zero-order valence-corrected chi connectivity index (χ0v) is 24.9. The van der Waals surface area contributed by atoms with Crippen LogP contribution in [0.25, 0.3) is 11.1 Å². The third-order valence-corrected chi connectivity index (χ3v) is 8.69. The van der Waals surface area contributed by atoms with Crippen molar-refractivity contribution < 1.29 is 32.5 Å². The molecular formula is C31H24ClF3N4O5S. The normalized spacial score (nSPS) is 13.8. The summed E-state index contributed by atoms with van der Waals surface area (Å²) in [7, 11) is 0. The minimum atomic E-state index is -4.45. The fraction of sp³-hybridized carbons (Fsp3) is 0.226. The first kappa shape index (κ1) is 31.8. The second-order valence-electron chi connectivity index (χ2n) is 10.3. The van der Waals surface area contributed by atoms with Gasteiger partial charge in [-0.15, -0.1) is 11.3 Å². The van der Waals surface area contributed by atoms with E-state index in [2.05, 4.69) is 10.3 Å². The van der Waals surface area contributed by atoms with Gasteiger partial charge in [-0.05, 0) is 60.4 Å². The molecule has 0 bridgehead atoms. The van der Waals surface area contributed by atoms with Crippen molar-refractivity contribution in [3.63, 3.8) is 0 Å². The Kier molecular flexibility index (Phi) is 9.30. The molecule has 1 saturated heterocycles. The number of likely N-dealkylation sites (tertiary alicyclic amines) is 1. The predicted octanol–water partition coefficient (Wildman–Crippen LogP) is 7.21. The van der Waals surface area contributed by atoms with E-state index in [9.17, 15) is 37.7 Å². The van der Waals surface area contributed by atoms with Gasteiger partial charge in [-0.25, -0.2) is 4.98 Å². The van der Waals surface area contributed by atoms with Crippen LogP contribution in [0.3, 0.4) is 0 Å². The number of Topliss-reactive ketones (excluding diaryl/α,β-unsaturated/α-hetero) is 1. The number of rotatable bonds is 8. The fourth-order valence-electron chi connectivity index (χ4n) is 5.06. The lowest BCUT2D eigenvalue weighted by molar-refractivity contribution is -0.465. The van der Waals surface area contributed by atoms with Crippen molar-refractivity contribution in [2.75, 3.05) is 25.0 Å². The van der Waals surface area contributed by atoms with E-state index in [-0.39, 0.29) is 28.1 Å². The molecule has 5 rings (SSSR count). The van der Waals surface area contributed by atoms with E-state index in [1.54, 1.807) is 34.5 Å². The van der Waals surface area contributed by atoms with Crippen molar-refractivity contribution in [3.8, 4) is 11.1 Å². The number of thiazole rings is 1. The molecule has 0 aliphatic carbocycles. The smallest absolute Gasteiger partial charge is 0.339 e. The van der Waals surface area contributed by atoms with Crippen LogP contribution in [0.15, 0.2) is 72.1 Å². The molecular weight excluding hydrogens is 633 g/mol. The Morgan fingerprint density at radius 1 is 1.02 bits per heavy atom. The number of aromatic nitrogens is 1. The van der Waals surface area contributed by atoms with Crippen molar-refractivity contribution in [1.82, 2.24) is 9.88 Å². The van der Waals surface area contributed by atoms with Gasteiger partial charge in [0, 0.05) is 46.1 Å². The molecule has 1 aromatic heterocycles. The van der Waals surface area contributed by atoms with Crippen LogP contribution >= 0.6 is 22.9 Å². The zero-order chi connectivity index (χ0) is 32.3. The maximum Gasteiger partial charge on any atom is 0.416 e. The summed E-state index contributed by atoms with van der Waals surface area (Å²) in [5.74, 6) is -1.44. The Morgan fingerprint density at radius 3 is 2.36 bits per heavy atom.